The van der Waals surface area contributed by atoms with Gasteiger partial charge in [-0.25, -0.2) is 4.79 Å². The molecular formula is C20H21N3O2. The maximum absolute atomic E-state index is 12.1. The minimum absolute atomic E-state index is 0.0176. The molecule has 0 radical (unpaired) electrons. The summed E-state index contributed by atoms with van der Waals surface area (Å²) in [5.41, 5.74) is 3.72. The number of nitrogens with zero attached hydrogens (tertiary/aromatic N) is 1. The number of carbonyl (C=O) groups excluding carboxylic acids is 1. The van der Waals surface area contributed by atoms with E-state index in [0.717, 1.165) is 27.7 Å². The molecular weight excluding hydrogens is 314 g/mol. The second-order valence-corrected chi connectivity index (χ2v) is 5.84. The Balaban J connectivity index is 1.60. The maximum Gasteiger partial charge on any atom is 0.319 e. The lowest BCUT2D eigenvalue weighted by Crippen LogP contribution is -2.28. The lowest BCUT2D eigenvalue weighted by atomic mass is 10.1. The normalized spacial score (nSPS) is 11.9. The average molecular weight is 335 g/mol. The van der Waals surface area contributed by atoms with E-state index in [-0.39, 0.29) is 12.1 Å². The number of methoxy groups -OCH3 is 1. The third-order valence-corrected chi connectivity index (χ3v) is 4.09. The minimum Gasteiger partial charge on any atom is -0.377 e. The van der Waals surface area contributed by atoms with E-state index >= 15 is 0 Å². The van der Waals surface area contributed by atoms with Gasteiger partial charge in [-0.2, -0.15) is 0 Å². The number of aromatic nitrogens is 1. The average Bonchev–Trinajstić information content (AvgIpc) is 2.65. The smallest absolute Gasteiger partial charge is 0.319 e. The van der Waals surface area contributed by atoms with Crippen LogP contribution in [-0.4, -0.2) is 18.1 Å². The summed E-state index contributed by atoms with van der Waals surface area (Å²) in [6.45, 7) is 2.42. The molecule has 1 aromatic heterocycles. The van der Waals surface area contributed by atoms with Gasteiger partial charge in [0, 0.05) is 30.9 Å². The predicted molar refractivity (Wildman–Crippen MR) is 99.5 cm³/mol. The topological polar surface area (TPSA) is 63.2 Å². The van der Waals surface area contributed by atoms with Crippen molar-refractivity contribution >= 4 is 22.6 Å². The number of fused-ring (bicyclic) bond motifs is 1. The van der Waals surface area contributed by atoms with Gasteiger partial charge < -0.3 is 15.4 Å². The Bertz CT molecular complexity index is 879. The van der Waals surface area contributed by atoms with Crippen molar-refractivity contribution in [2.75, 3.05) is 12.4 Å². The van der Waals surface area contributed by atoms with E-state index in [1.807, 2.05) is 61.5 Å². The van der Waals surface area contributed by atoms with Gasteiger partial charge in [-0.15, -0.1) is 0 Å². The number of hydrogen-bond acceptors (Lipinski definition) is 3. The van der Waals surface area contributed by atoms with E-state index in [4.69, 9.17) is 4.74 Å². The van der Waals surface area contributed by atoms with Crippen molar-refractivity contribution in [3.05, 3.63) is 71.9 Å². The molecule has 0 spiro atoms. The lowest BCUT2D eigenvalue weighted by molar-refractivity contribution is 0.119. The van der Waals surface area contributed by atoms with Crippen LogP contribution in [0.25, 0.3) is 10.9 Å². The van der Waals surface area contributed by atoms with Crippen molar-refractivity contribution in [1.82, 2.24) is 10.3 Å². The number of hydrogen-bond donors (Lipinski definition) is 2. The fourth-order valence-corrected chi connectivity index (χ4v) is 2.60. The molecule has 2 amide bonds. The summed E-state index contributed by atoms with van der Waals surface area (Å²) >= 11 is 0. The highest BCUT2D eigenvalue weighted by atomic mass is 16.5. The Hall–Kier alpha value is -2.92. The van der Waals surface area contributed by atoms with Crippen LogP contribution in [0.4, 0.5) is 10.5 Å². The molecule has 0 aliphatic carbocycles. The number of anilines is 1. The van der Waals surface area contributed by atoms with Gasteiger partial charge in [-0.05, 0) is 48.4 Å². The molecule has 2 aromatic carbocycles. The van der Waals surface area contributed by atoms with E-state index < -0.39 is 0 Å². The summed E-state index contributed by atoms with van der Waals surface area (Å²) in [6.07, 6.45) is 1.75. The molecule has 128 valence electrons. The first kappa shape index (κ1) is 16.9. The molecule has 5 nitrogen and oxygen atoms in total. The summed E-state index contributed by atoms with van der Waals surface area (Å²) in [5.74, 6) is 0. The van der Waals surface area contributed by atoms with Crippen molar-refractivity contribution in [1.29, 1.82) is 0 Å². The second kappa shape index (κ2) is 7.77. The number of urea groups is 1. The van der Waals surface area contributed by atoms with Crippen molar-refractivity contribution in [2.24, 2.45) is 0 Å². The standard InChI is InChI=1S/C20H21N3O2/c1-14(25-2)16-5-3-7-18(12-16)23-20(24)22-13-15-8-9-19-17(11-15)6-4-10-21-19/h3-12,14H,13H2,1-2H3,(H2,22,23,24)/t14-/m1/s1. The van der Waals surface area contributed by atoms with Crippen LogP contribution in [0.1, 0.15) is 24.2 Å². The summed E-state index contributed by atoms with van der Waals surface area (Å²) in [6, 6.07) is 17.3. The summed E-state index contributed by atoms with van der Waals surface area (Å²) < 4.78 is 5.30. The van der Waals surface area contributed by atoms with Crippen molar-refractivity contribution in [3.8, 4) is 0 Å². The van der Waals surface area contributed by atoms with Crippen LogP contribution in [-0.2, 0) is 11.3 Å². The fraction of sp³-hybridized carbons (Fsp3) is 0.200. The van der Waals surface area contributed by atoms with Gasteiger partial charge in [0.25, 0.3) is 0 Å². The Morgan fingerprint density at radius 2 is 2.04 bits per heavy atom. The van der Waals surface area contributed by atoms with Gasteiger partial charge in [0.1, 0.15) is 0 Å². The Morgan fingerprint density at radius 1 is 1.16 bits per heavy atom. The van der Waals surface area contributed by atoms with Gasteiger partial charge in [-0.1, -0.05) is 24.3 Å². The van der Waals surface area contributed by atoms with Crippen molar-refractivity contribution < 1.29 is 9.53 Å². The third kappa shape index (κ3) is 4.33. The Morgan fingerprint density at radius 3 is 2.88 bits per heavy atom. The molecule has 3 rings (SSSR count). The van der Waals surface area contributed by atoms with Gasteiger partial charge >= 0.3 is 6.03 Å². The highest BCUT2D eigenvalue weighted by Crippen LogP contribution is 2.19. The molecule has 5 heteroatoms. The van der Waals surface area contributed by atoms with Gasteiger partial charge in [-0.3, -0.25) is 4.98 Å². The number of ether oxygens (including phenoxy) is 1. The molecule has 0 fully saturated rings. The van der Waals surface area contributed by atoms with Crippen LogP contribution in [0.3, 0.4) is 0 Å². The number of rotatable bonds is 5. The van der Waals surface area contributed by atoms with Crippen LogP contribution >= 0.6 is 0 Å². The maximum atomic E-state index is 12.1. The van der Waals surface area contributed by atoms with E-state index in [9.17, 15) is 4.79 Å². The van der Waals surface area contributed by atoms with Crippen LogP contribution < -0.4 is 10.6 Å². The minimum atomic E-state index is -0.242. The van der Waals surface area contributed by atoms with Gasteiger partial charge in [0.2, 0.25) is 0 Å². The molecule has 0 aliphatic rings. The molecule has 25 heavy (non-hydrogen) atoms. The first-order valence-corrected chi connectivity index (χ1v) is 8.17. The monoisotopic (exact) mass is 335 g/mol. The molecule has 0 unspecified atom stereocenters. The predicted octanol–water partition coefficient (Wildman–Crippen LogP) is 4.26. The van der Waals surface area contributed by atoms with Crippen LogP contribution in [0.5, 0.6) is 0 Å². The Kier molecular flexibility index (Phi) is 5.26. The molecule has 0 aliphatic heterocycles. The molecule has 0 saturated carbocycles. The first-order valence-electron chi connectivity index (χ1n) is 8.17. The number of carbonyl (C=O) groups is 1. The number of nitrogens with one attached hydrogen (secondary N) is 2. The summed E-state index contributed by atoms with van der Waals surface area (Å²) in [7, 11) is 1.66. The number of amides is 2. The van der Waals surface area contributed by atoms with Crippen molar-refractivity contribution in [2.45, 2.75) is 19.6 Å². The van der Waals surface area contributed by atoms with E-state index in [1.165, 1.54) is 0 Å². The molecule has 3 aromatic rings. The quantitative estimate of drug-likeness (QED) is 0.732. The molecule has 1 atom stereocenters. The van der Waals surface area contributed by atoms with Gasteiger partial charge in [0.05, 0.1) is 11.6 Å². The van der Waals surface area contributed by atoms with E-state index in [1.54, 1.807) is 13.3 Å². The molecule has 0 bridgehead atoms. The number of benzene rings is 2. The van der Waals surface area contributed by atoms with Crippen LogP contribution in [0, 0.1) is 0 Å². The summed E-state index contributed by atoms with van der Waals surface area (Å²) in [5, 5.41) is 6.78. The second-order valence-electron chi connectivity index (χ2n) is 5.84. The zero-order valence-corrected chi connectivity index (χ0v) is 14.3. The van der Waals surface area contributed by atoms with E-state index in [2.05, 4.69) is 15.6 Å². The van der Waals surface area contributed by atoms with Crippen LogP contribution in [0.2, 0.25) is 0 Å². The largest absolute Gasteiger partial charge is 0.377 e. The number of pyridine rings is 1. The highest BCUT2D eigenvalue weighted by Gasteiger charge is 2.07. The van der Waals surface area contributed by atoms with Crippen LogP contribution in [0.15, 0.2) is 60.8 Å². The fourth-order valence-electron chi connectivity index (χ4n) is 2.60. The van der Waals surface area contributed by atoms with Crippen molar-refractivity contribution in [3.63, 3.8) is 0 Å². The third-order valence-electron chi connectivity index (χ3n) is 4.09. The lowest BCUT2D eigenvalue weighted by Gasteiger charge is -2.12. The molecule has 2 N–H and O–H groups in total. The highest BCUT2D eigenvalue weighted by molar-refractivity contribution is 5.89. The SMILES string of the molecule is CO[C@H](C)c1cccc(NC(=O)NCc2ccc3ncccc3c2)c1. The zero-order chi connectivity index (χ0) is 17.6. The first-order chi connectivity index (χ1) is 12.2. The zero-order valence-electron chi connectivity index (χ0n) is 14.3. The van der Waals surface area contributed by atoms with Gasteiger partial charge in [0.15, 0.2) is 0 Å². The Labute approximate surface area is 147 Å². The molecule has 1 heterocycles. The molecule has 0 saturated heterocycles. The summed E-state index contributed by atoms with van der Waals surface area (Å²) in [4.78, 5) is 16.4. The van der Waals surface area contributed by atoms with E-state index in [0.29, 0.717) is 6.54 Å².